The fourth-order valence-electron chi connectivity index (χ4n) is 8.10. The molecule has 11 aromatic rings. The third-order valence-corrected chi connectivity index (χ3v) is 10.5. The van der Waals surface area contributed by atoms with Crippen molar-refractivity contribution in [2.24, 2.45) is 0 Å². The third kappa shape index (κ3) is 4.76. The Kier molecular flexibility index (Phi) is 6.79. The molecular formula is C49H31N5. The summed E-state index contributed by atoms with van der Waals surface area (Å²) in [7, 11) is 0. The van der Waals surface area contributed by atoms with E-state index in [1.54, 1.807) is 0 Å². The molecule has 0 saturated carbocycles. The molecule has 0 atom stereocenters. The van der Waals surface area contributed by atoms with E-state index in [0.29, 0.717) is 17.5 Å². The smallest absolute Gasteiger partial charge is 0.164 e. The van der Waals surface area contributed by atoms with Crippen LogP contribution in [0.1, 0.15) is 0 Å². The summed E-state index contributed by atoms with van der Waals surface area (Å²) in [5, 5.41) is 7.21. The van der Waals surface area contributed by atoms with Crippen LogP contribution in [0.5, 0.6) is 0 Å². The van der Waals surface area contributed by atoms with Crippen molar-refractivity contribution in [2.45, 2.75) is 0 Å². The zero-order chi connectivity index (χ0) is 35.6. The van der Waals surface area contributed by atoms with Gasteiger partial charge in [0.15, 0.2) is 17.5 Å². The Labute approximate surface area is 311 Å². The van der Waals surface area contributed by atoms with Gasteiger partial charge in [0, 0.05) is 55.0 Å². The summed E-state index contributed by atoms with van der Waals surface area (Å²) >= 11 is 0. The number of aromatic nitrogens is 5. The second-order valence-electron chi connectivity index (χ2n) is 13.7. The topological polar surface area (TPSA) is 48.5 Å². The van der Waals surface area contributed by atoms with Crippen molar-refractivity contribution in [2.75, 3.05) is 0 Å². The molecule has 5 heteroatoms. The molecule has 0 radical (unpaired) electrons. The first-order chi connectivity index (χ1) is 26.8. The predicted octanol–water partition coefficient (Wildman–Crippen LogP) is 12.2. The minimum Gasteiger partial charge on any atom is -0.309 e. The van der Waals surface area contributed by atoms with E-state index in [4.69, 9.17) is 15.0 Å². The largest absolute Gasteiger partial charge is 0.309 e. The van der Waals surface area contributed by atoms with Crippen LogP contribution in [0.25, 0.3) is 99.9 Å². The van der Waals surface area contributed by atoms with Crippen LogP contribution < -0.4 is 0 Å². The van der Waals surface area contributed by atoms with Gasteiger partial charge in [0.2, 0.25) is 0 Å². The molecule has 3 heterocycles. The Bertz CT molecular complexity index is 3210. The summed E-state index contributed by atoms with van der Waals surface area (Å²) in [6.45, 7) is 0. The fourth-order valence-corrected chi connectivity index (χ4v) is 8.10. The van der Waals surface area contributed by atoms with E-state index in [1.807, 2.05) is 18.2 Å². The highest BCUT2D eigenvalue weighted by atomic mass is 15.0. The summed E-state index contributed by atoms with van der Waals surface area (Å²) in [6, 6.07) is 66.2. The molecular weight excluding hydrogens is 659 g/mol. The van der Waals surface area contributed by atoms with Crippen molar-refractivity contribution >= 4 is 54.4 Å². The monoisotopic (exact) mass is 689 g/mol. The van der Waals surface area contributed by atoms with E-state index in [1.165, 1.54) is 32.4 Å². The Morgan fingerprint density at radius 2 is 0.833 bits per heavy atom. The molecule has 0 amide bonds. The number of benzene rings is 8. The molecule has 0 aliphatic heterocycles. The van der Waals surface area contributed by atoms with Crippen molar-refractivity contribution < 1.29 is 0 Å². The SMILES string of the molecule is c1ccc(-c2nc(-c3cccc(-n4c5ccccc5c5ccc6ccccc6c54)c3)nc(-c3ccc4c(c3)c3ccccc3n4-c3ccccc3)n2)cc1. The molecule has 54 heavy (non-hydrogen) atoms. The molecule has 0 bridgehead atoms. The summed E-state index contributed by atoms with van der Waals surface area (Å²) in [6.07, 6.45) is 0. The highest BCUT2D eigenvalue weighted by Gasteiger charge is 2.19. The van der Waals surface area contributed by atoms with Crippen molar-refractivity contribution in [1.82, 2.24) is 24.1 Å². The summed E-state index contributed by atoms with van der Waals surface area (Å²) in [5.74, 6) is 1.89. The van der Waals surface area contributed by atoms with Crippen molar-refractivity contribution in [3.8, 4) is 45.5 Å². The summed E-state index contributed by atoms with van der Waals surface area (Å²) < 4.78 is 4.71. The van der Waals surface area contributed by atoms with Gasteiger partial charge in [-0.1, -0.05) is 133 Å². The summed E-state index contributed by atoms with van der Waals surface area (Å²) in [5.41, 5.74) is 9.61. The Morgan fingerprint density at radius 3 is 1.59 bits per heavy atom. The molecule has 0 aliphatic rings. The second-order valence-corrected chi connectivity index (χ2v) is 13.7. The van der Waals surface area contributed by atoms with E-state index in [9.17, 15) is 0 Å². The molecule has 0 saturated heterocycles. The van der Waals surface area contributed by atoms with Crippen LogP contribution in [0.2, 0.25) is 0 Å². The van der Waals surface area contributed by atoms with Gasteiger partial charge in [-0.05, 0) is 60.0 Å². The lowest BCUT2D eigenvalue weighted by molar-refractivity contribution is 1.07. The van der Waals surface area contributed by atoms with Gasteiger partial charge in [0.05, 0.1) is 22.1 Å². The molecule has 5 nitrogen and oxygen atoms in total. The molecule has 252 valence electrons. The maximum atomic E-state index is 5.21. The van der Waals surface area contributed by atoms with Gasteiger partial charge in [-0.3, -0.25) is 0 Å². The van der Waals surface area contributed by atoms with Gasteiger partial charge in [-0.2, -0.15) is 0 Å². The fraction of sp³-hybridized carbons (Fsp3) is 0. The van der Waals surface area contributed by atoms with Crippen LogP contribution in [-0.2, 0) is 0 Å². The van der Waals surface area contributed by atoms with Gasteiger partial charge < -0.3 is 9.13 Å². The quantitative estimate of drug-likeness (QED) is 0.181. The number of hydrogen-bond acceptors (Lipinski definition) is 3. The van der Waals surface area contributed by atoms with Crippen LogP contribution in [0, 0.1) is 0 Å². The molecule has 0 unspecified atom stereocenters. The van der Waals surface area contributed by atoms with Gasteiger partial charge in [-0.25, -0.2) is 15.0 Å². The molecule has 11 rings (SSSR count). The minimum absolute atomic E-state index is 0.623. The predicted molar refractivity (Wildman–Crippen MR) is 222 cm³/mol. The van der Waals surface area contributed by atoms with E-state index >= 15 is 0 Å². The van der Waals surface area contributed by atoms with Gasteiger partial charge in [0.1, 0.15) is 0 Å². The van der Waals surface area contributed by atoms with Gasteiger partial charge >= 0.3 is 0 Å². The molecule has 8 aromatic carbocycles. The lowest BCUT2D eigenvalue weighted by Crippen LogP contribution is -2.01. The van der Waals surface area contributed by atoms with E-state index in [-0.39, 0.29) is 0 Å². The number of para-hydroxylation sites is 3. The average Bonchev–Trinajstić information content (AvgIpc) is 3.77. The summed E-state index contributed by atoms with van der Waals surface area (Å²) in [4.78, 5) is 15.4. The number of fused-ring (bicyclic) bond motifs is 8. The minimum atomic E-state index is 0.623. The van der Waals surface area contributed by atoms with Crippen LogP contribution >= 0.6 is 0 Å². The van der Waals surface area contributed by atoms with Crippen LogP contribution in [0.15, 0.2) is 188 Å². The van der Waals surface area contributed by atoms with E-state index in [2.05, 4.69) is 179 Å². The Morgan fingerprint density at radius 1 is 0.296 bits per heavy atom. The van der Waals surface area contributed by atoms with Gasteiger partial charge in [0.25, 0.3) is 0 Å². The first kappa shape index (κ1) is 30.3. The molecule has 3 aromatic heterocycles. The zero-order valence-electron chi connectivity index (χ0n) is 29.1. The Hall–Kier alpha value is -7.37. The third-order valence-electron chi connectivity index (χ3n) is 10.5. The van der Waals surface area contributed by atoms with E-state index in [0.717, 1.165) is 50.0 Å². The van der Waals surface area contributed by atoms with Crippen molar-refractivity contribution in [3.63, 3.8) is 0 Å². The zero-order valence-corrected chi connectivity index (χ0v) is 29.1. The van der Waals surface area contributed by atoms with Gasteiger partial charge in [-0.15, -0.1) is 0 Å². The molecule has 0 aliphatic carbocycles. The lowest BCUT2D eigenvalue weighted by Gasteiger charge is -2.12. The highest BCUT2D eigenvalue weighted by molar-refractivity contribution is 6.18. The normalized spacial score (nSPS) is 11.7. The Balaban J connectivity index is 1.12. The van der Waals surface area contributed by atoms with Crippen molar-refractivity contribution in [1.29, 1.82) is 0 Å². The number of nitrogens with zero attached hydrogens (tertiary/aromatic N) is 5. The lowest BCUT2D eigenvalue weighted by atomic mass is 10.1. The number of hydrogen-bond donors (Lipinski definition) is 0. The number of rotatable bonds is 5. The molecule has 0 fully saturated rings. The van der Waals surface area contributed by atoms with Crippen LogP contribution in [0.4, 0.5) is 0 Å². The maximum absolute atomic E-state index is 5.21. The maximum Gasteiger partial charge on any atom is 0.164 e. The van der Waals surface area contributed by atoms with E-state index < -0.39 is 0 Å². The van der Waals surface area contributed by atoms with Crippen molar-refractivity contribution in [3.05, 3.63) is 188 Å². The second kappa shape index (κ2) is 12.1. The molecule has 0 N–H and O–H groups in total. The first-order valence-corrected chi connectivity index (χ1v) is 18.2. The average molecular weight is 690 g/mol. The van der Waals surface area contributed by atoms with Crippen LogP contribution in [-0.4, -0.2) is 24.1 Å². The highest BCUT2D eigenvalue weighted by Crippen LogP contribution is 2.38. The first-order valence-electron chi connectivity index (χ1n) is 18.2. The van der Waals surface area contributed by atoms with Crippen LogP contribution in [0.3, 0.4) is 0 Å². The molecule has 0 spiro atoms. The standard InChI is InChI=1S/C49H31N5/c1-3-15-33(16-4-1)47-50-48(52-49(51-47)35-27-29-45-42(31-35)40-23-10-11-24-43(40)53(45)36-18-5-2-6-19-36)34-17-13-20-37(30-34)54-44-25-12-9-22-39(44)41-28-26-32-14-7-8-21-38(32)46(41)54/h1-31H.